The smallest absolute Gasteiger partial charge is 0.262 e. The molecule has 4 nitrogen and oxygen atoms in total. The molecular weight excluding hydrogens is 286 g/mol. The van der Waals surface area contributed by atoms with Crippen molar-refractivity contribution < 1.29 is 13.2 Å². The fraction of sp³-hybridized carbons (Fsp3) is 0.250. The number of hydrogen-bond acceptors (Lipinski definition) is 3. The minimum atomic E-state index is -3.62. The minimum Gasteiger partial charge on any atom is -0.497 e. The first-order valence-electron chi connectivity index (χ1n) is 6.58. The van der Waals surface area contributed by atoms with E-state index >= 15 is 0 Å². The number of aryl methyl sites for hydroxylation is 3. The van der Waals surface area contributed by atoms with E-state index in [1.807, 2.05) is 19.1 Å². The highest BCUT2D eigenvalue weighted by atomic mass is 32.2. The third kappa shape index (κ3) is 3.36. The molecule has 0 saturated heterocycles. The Bertz CT molecular complexity index is 727. The van der Waals surface area contributed by atoms with E-state index in [2.05, 4.69) is 4.72 Å². The Morgan fingerprint density at radius 1 is 0.952 bits per heavy atom. The van der Waals surface area contributed by atoms with Crippen LogP contribution in [0.15, 0.2) is 41.3 Å². The van der Waals surface area contributed by atoms with Crippen LogP contribution in [0.5, 0.6) is 5.75 Å². The summed E-state index contributed by atoms with van der Waals surface area (Å²) < 4.78 is 32.9. The van der Waals surface area contributed by atoms with Crippen molar-refractivity contribution in [2.45, 2.75) is 25.7 Å². The molecule has 0 bridgehead atoms. The van der Waals surface area contributed by atoms with E-state index in [0.29, 0.717) is 27.5 Å². The van der Waals surface area contributed by atoms with Crippen LogP contribution in [-0.4, -0.2) is 15.5 Å². The van der Waals surface area contributed by atoms with Gasteiger partial charge in [-0.3, -0.25) is 4.72 Å². The monoisotopic (exact) mass is 305 g/mol. The van der Waals surface area contributed by atoms with Crippen LogP contribution < -0.4 is 9.46 Å². The average Bonchev–Trinajstić information content (AvgIpc) is 2.39. The molecule has 0 aromatic heterocycles. The predicted octanol–water partition coefficient (Wildman–Crippen LogP) is 3.42. The van der Waals surface area contributed by atoms with E-state index < -0.39 is 10.0 Å². The summed E-state index contributed by atoms with van der Waals surface area (Å²) in [7, 11) is -2.06. The standard InChI is InChI=1S/C16H19NO3S/c1-11-5-7-14(8-6-11)17-21(18,19)16-12(2)9-15(20-4)10-13(16)3/h5-10,17H,1-4H3. The van der Waals surface area contributed by atoms with Crippen LogP contribution in [0.2, 0.25) is 0 Å². The van der Waals surface area contributed by atoms with E-state index in [1.54, 1.807) is 45.2 Å². The predicted molar refractivity (Wildman–Crippen MR) is 84.5 cm³/mol. The molecule has 0 aliphatic heterocycles. The van der Waals surface area contributed by atoms with Crippen molar-refractivity contribution in [1.82, 2.24) is 0 Å². The molecule has 5 heteroatoms. The van der Waals surface area contributed by atoms with E-state index in [9.17, 15) is 8.42 Å². The lowest BCUT2D eigenvalue weighted by atomic mass is 10.1. The summed E-state index contributed by atoms with van der Waals surface area (Å²) in [5.74, 6) is 0.652. The van der Waals surface area contributed by atoms with Crippen LogP contribution >= 0.6 is 0 Å². The topological polar surface area (TPSA) is 55.4 Å². The molecule has 0 unspecified atom stereocenters. The number of nitrogens with one attached hydrogen (secondary N) is 1. The molecule has 21 heavy (non-hydrogen) atoms. The van der Waals surface area contributed by atoms with E-state index in [1.165, 1.54) is 0 Å². The summed E-state index contributed by atoms with van der Waals surface area (Å²) >= 11 is 0. The molecule has 2 aromatic rings. The van der Waals surface area contributed by atoms with Gasteiger partial charge in [-0.1, -0.05) is 17.7 Å². The second-order valence-corrected chi connectivity index (χ2v) is 6.68. The molecule has 0 aliphatic carbocycles. The second-order valence-electron chi connectivity index (χ2n) is 5.06. The van der Waals surface area contributed by atoms with Crippen LogP contribution in [0, 0.1) is 20.8 Å². The summed E-state index contributed by atoms with van der Waals surface area (Å²) in [6, 6.07) is 10.7. The maximum atomic E-state index is 12.6. The number of benzene rings is 2. The van der Waals surface area contributed by atoms with Gasteiger partial charge in [0.1, 0.15) is 5.75 Å². The van der Waals surface area contributed by atoms with Crippen molar-refractivity contribution in [1.29, 1.82) is 0 Å². The number of ether oxygens (including phenoxy) is 1. The van der Waals surface area contributed by atoms with Gasteiger partial charge < -0.3 is 4.74 Å². The maximum Gasteiger partial charge on any atom is 0.262 e. The molecule has 0 aliphatic rings. The highest BCUT2D eigenvalue weighted by Crippen LogP contribution is 2.27. The first-order chi connectivity index (χ1) is 9.83. The van der Waals surface area contributed by atoms with Crippen LogP contribution in [0.25, 0.3) is 0 Å². The zero-order chi connectivity index (χ0) is 15.6. The average molecular weight is 305 g/mol. The molecule has 0 heterocycles. The zero-order valence-corrected chi connectivity index (χ0v) is 13.4. The highest BCUT2D eigenvalue weighted by molar-refractivity contribution is 7.92. The summed E-state index contributed by atoms with van der Waals surface area (Å²) in [6.07, 6.45) is 0. The molecule has 0 radical (unpaired) electrons. The van der Waals surface area contributed by atoms with Crippen molar-refractivity contribution >= 4 is 15.7 Å². The van der Waals surface area contributed by atoms with Gasteiger partial charge in [-0.25, -0.2) is 8.42 Å². The van der Waals surface area contributed by atoms with Gasteiger partial charge in [0.2, 0.25) is 0 Å². The molecule has 112 valence electrons. The van der Waals surface area contributed by atoms with Gasteiger partial charge in [-0.15, -0.1) is 0 Å². The van der Waals surface area contributed by atoms with Crippen LogP contribution in [-0.2, 0) is 10.0 Å². The molecule has 2 rings (SSSR count). The minimum absolute atomic E-state index is 0.295. The number of methoxy groups -OCH3 is 1. The molecule has 0 saturated carbocycles. The number of sulfonamides is 1. The molecule has 0 atom stereocenters. The fourth-order valence-electron chi connectivity index (χ4n) is 2.28. The summed E-state index contributed by atoms with van der Waals surface area (Å²) in [5, 5.41) is 0. The zero-order valence-electron chi connectivity index (χ0n) is 12.6. The van der Waals surface area contributed by atoms with Gasteiger partial charge >= 0.3 is 0 Å². The van der Waals surface area contributed by atoms with Crippen LogP contribution in [0.3, 0.4) is 0 Å². The molecule has 1 N–H and O–H groups in total. The summed E-state index contributed by atoms with van der Waals surface area (Å²) in [6.45, 7) is 5.48. The van der Waals surface area contributed by atoms with Crippen molar-refractivity contribution in [3.63, 3.8) is 0 Å². The SMILES string of the molecule is COc1cc(C)c(S(=O)(=O)Nc2ccc(C)cc2)c(C)c1. The van der Waals surface area contributed by atoms with Crippen molar-refractivity contribution in [3.8, 4) is 5.75 Å². The molecule has 2 aromatic carbocycles. The van der Waals surface area contributed by atoms with Crippen molar-refractivity contribution in [2.75, 3.05) is 11.8 Å². The lowest BCUT2D eigenvalue weighted by molar-refractivity contribution is 0.413. The van der Waals surface area contributed by atoms with Crippen LogP contribution in [0.4, 0.5) is 5.69 Å². The molecule has 0 spiro atoms. The lowest BCUT2D eigenvalue weighted by Crippen LogP contribution is -2.15. The lowest BCUT2D eigenvalue weighted by Gasteiger charge is -2.14. The third-order valence-corrected chi connectivity index (χ3v) is 4.93. The van der Waals surface area contributed by atoms with Gasteiger partial charge in [-0.2, -0.15) is 0 Å². The Morgan fingerprint density at radius 2 is 1.48 bits per heavy atom. The second kappa shape index (κ2) is 5.77. The Morgan fingerprint density at radius 3 is 1.95 bits per heavy atom. The Balaban J connectivity index is 2.42. The number of hydrogen-bond donors (Lipinski definition) is 1. The fourth-order valence-corrected chi connectivity index (χ4v) is 3.79. The van der Waals surface area contributed by atoms with Crippen molar-refractivity contribution in [3.05, 3.63) is 53.1 Å². The quantitative estimate of drug-likeness (QED) is 0.941. The molecule has 0 fully saturated rings. The van der Waals surface area contributed by atoms with Gasteiger partial charge in [-0.05, 0) is 56.2 Å². The number of rotatable bonds is 4. The van der Waals surface area contributed by atoms with Gasteiger partial charge in [0, 0.05) is 5.69 Å². The first kappa shape index (κ1) is 15.4. The molecule has 0 amide bonds. The van der Waals surface area contributed by atoms with Gasteiger partial charge in [0.05, 0.1) is 12.0 Å². The summed E-state index contributed by atoms with van der Waals surface area (Å²) in [5.41, 5.74) is 2.95. The first-order valence-corrected chi connectivity index (χ1v) is 8.06. The third-order valence-electron chi connectivity index (χ3n) is 3.24. The van der Waals surface area contributed by atoms with Crippen molar-refractivity contribution in [2.24, 2.45) is 0 Å². The summed E-state index contributed by atoms with van der Waals surface area (Å²) in [4.78, 5) is 0.295. The molecular formula is C16H19NO3S. The Labute approximate surface area is 125 Å². The highest BCUT2D eigenvalue weighted by Gasteiger charge is 2.20. The van der Waals surface area contributed by atoms with Crippen LogP contribution in [0.1, 0.15) is 16.7 Å². The Kier molecular flexibility index (Phi) is 4.23. The maximum absolute atomic E-state index is 12.6. The number of anilines is 1. The largest absolute Gasteiger partial charge is 0.497 e. The normalized spacial score (nSPS) is 11.2. The van der Waals surface area contributed by atoms with E-state index in [-0.39, 0.29) is 0 Å². The van der Waals surface area contributed by atoms with Gasteiger partial charge in [0.15, 0.2) is 0 Å². The Hall–Kier alpha value is -2.01. The van der Waals surface area contributed by atoms with Gasteiger partial charge in [0.25, 0.3) is 10.0 Å². The van der Waals surface area contributed by atoms with E-state index in [4.69, 9.17) is 4.74 Å². The van der Waals surface area contributed by atoms with E-state index in [0.717, 1.165) is 5.56 Å².